The van der Waals surface area contributed by atoms with Crippen LogP contribution in [-0.4, -0.2) is 29.5 Å². The third-order valence-electron chi connectivity index (χ3n) is 3.28. The molecule has 0 bridgehead atoms. The lowest BCUT2D eigenvalue weighted by molar-refractivity contribution is -0.140. The standard InChI is InChI=1S/C15H19N3O3S/c1-9-3-6-12(7-10(9)2)22-8-13(19)17-18-15(21)14(20)16-11-4-5-11/h3,6-7,11H,4-5,8H2,1-2H3,(H,16,20)(H,17,19)(H,18,21). The third kappa shape index (κ3) is 5.07. The van der Waals surface area contributed by atoms with Gasteiger partial charge in [0.15, 0.2) is 0 Å². The zero-order valence-corrected chi connectivity index (χ0v) is 13.4. The van der Waals surface area contributed by atoms with E-state index >= 15 is 0 Å². The number of thioether (sulfide) groups is 1. The van der Waals surface area contributed by atoms with Crippen molar-refractivity contribution in [3.8, 4) is 0 Å². The fourth-order valence-corrected chi connectivity index (χ4v) is 2.44. The van der Waals surface area contributed by atoms with E-state index in [9.17, 15) is 14.4 Å². The van der Waals surface area contributed by atoms with E-state index in [0.29, 0.717) is 0 Å². The van der Waals surface area contributed by atoms with Crippen molar-refractivity contribution in [1.82, 2.24) is 16.2 Å². The molecule has 0 aromatic heterocycles. The molecule has 0 unspecified atom stereocenters. The number of aryl methyl sites for hydroxylation is 2. The molecule has 118 valence electrons. The molecule has 3 amide bonds. The molecule has 1 aliphatic rings. The van der Waals surface area contributed by atoms with Crippen LogP contribution >= 0.6 is 11.8 Å². The van der Waals surface area contributed by atoms with E-state index in [2.05, 4.69) is 16.2 Å². The summed E-state index contributed by atoms with van der Waals surface area (Å²) in [7, 11) is 0. The molecule has 22 heavy (non-hydrogen) atoms. The van der Waals surface area contributed by atoms with Gasteiger partial charge in [0.05, 0.1) is 5.75 Å². The second kappa shape index (κ2) is 7.31. The molecule has 0 atom stereocenters. The van der Waals surface area contributed by atoms with E-state index in [-0.39, 0.29) is 17.7 Å². The van der Waals surface area contributed by atoms with Gasteiger partial charge in [-0.3, -0.25) is 25.2 Å². The van der Waals surface area contributed by atoms with E-state index < -0.39 is 11.8 Å². The Hall–Kier alpha value is -2.02. The molecule has 0 radical (unpaired) electrons. The molecule has 0 aliphatic heterocycles. The maximum absolute atomic E-state index is 11.7. The minimum Gasteiger partial charge on any atom is -0.345 e. The van der Waals surface area contributed by atoms with Crippen molar-refractivity contribution >= 4 is 29.5 Å². The molecule has 1 aromatic carbocycles. The Morgan fingerprint density at radius 3 is 2.45 bits per heavy atom. The van der Waals surface area contributed by atoms with E-state index in [1.54, 1.807) is 0 Å². The summed E-state index contributed by atoms with van der Waals surface area (Å²) < 4.78 is 0. The number of hydrazine groups is 1. The van der Waals surface area contributed by atoms with Crippen molar-refractivity contribution in [3.05, 3.63) is 29.3 Å². The van der Waals surface area contributed by atoms with Crippen molar-refractivity contribution in [2.24, 2.45) is 0 Å². The molecule has 1 aliphatic carbocycles. The lowest BCUT2D eigenvalue weighted by Crippen LogP contribution is -2.49. The number of carbonyl (C=O) groups excluding carboxylic acids is 3. The summed E-state index contributed by atoms with van der Waals surface area (Å²) >= 11 is 1.37. The second-order valence-corrected chi connectivity index (χ2v) is 6.33. The quantitative estimate of drug-likeness (QED) is 0.435. The summed E-state index contributed by atoms with van der Waals surface area (Å²) in [5.41, 5.74) is 6.70. The van der Waals surface area contributed by atoms with Crippen LogP contribution in [0.25, 0.3) is 0 Å². The molecular formula is C15H19N3O3S. The number of rotatable bonds is 4. The lowest BCUT2D eigenvalue weighted by atomic mass is 10.1. The van der Waals surface area contributed by atoms with Crippen molar-refractivity contribution < 1.29 is 14.4 Å². The Morgan fingerprint density at radius 2 is 1.82 bits per heavy atom. The van der Waals surface area contributed by atoms with Crippen LogP contribution in [-0.2, 0) is 14.4 Å². The molecule has 1 fully saturated rings. The molecular weight excluding hydrogens is 302 g/mol. The highest BCUT2D eigenvalue weighted by Crippen LogP contribution is 2.20. The van der Waals surface area contributed by atoms with E-state index in [0.717, 1.165) is 23.3 Å². The Balaban J connectivity index is 1.69. The Bertz CT molecular complexity index is 600. The van der Waals surface area contributed by atoms with E-state index in [1.807, 2.05) is 32.0 Å². The summed E-state index contributed by atoms with van der Waals surface area (Å²) in [5, 5.41) is 2.54. The van der Waals surface area contributed by atoms with Crippen LogP contribution in [0.3, 0.4) is 0 Å². The van der Waals surface area contributed by atoms with Gasteiger partial charge in [-0.1, -0.05) is 6.07 Å². The second-order valence-electron chi connectivity index (χ2n) is 5.28. The first kappa shape index (κ1) is 16.4. The van der Waals surface area contributed by atoms with E-state index in [1.165, 1.54) is 17.3 Å². The van der Waals surface area contributed by atoms with Crippen molar-refractivity contribution in [2.75, 3.05) is 5.75 Å². The van der Waals surface area contributed by atoms with Gasteiger partial charge in [0.25, 0.3) is 0 Å². The van der Waals surface area contributed by atoms with Crippen LogP contribution < -0.4 is 16.2 Å². The van der Waals surface area contributed by atoms with Gasteiger partial charge in [0.1, 0.15) is 0 Å². The fourth-order valence-electron chi connectivity index (χ4n) is 1.65. The lowest BCUT2D eigenvalue weighted by Gasteiger charge is -2.08. The van der Waals surface area contributed by atoms with Gasteiger partial charge in [-0.25, -0.2) is 0 Å². The maximum Gasteiger partial charge on any atom is 0.327 e. The van der Waals surface area contributed by atoms with Crippen LogP contribution in [0.15, 0.2) is 23.1 Å². The first-order chi connectivity index (χ1) is 10.5. The van der Waals surface area contributed by atoms with Crippen molar-refractivity contribution in [3.63, 3.8) is 0 Å². The molecule has 0 heterocycles. The van der Waals surface area contributed by atoms with Gasteiger partial charge >= 0.3 is 11.8 Å². The zero-order chi connectivity index (χ0) is 16.1. The Morgan fingerprint density at radius 1 is 1.09 bits per heavy atom. The van der Waals surface area contributed by atoms with Crippen LogP contribution in [0.4, 0.5) is 0 Å². The average molecular weight is 321 g/mol. The summed E-state index contributed by atoms with van der Waals surface area (Å²) in [6.07, 6.45) is 1.80. The SMILES string of the molecule is Cc1ccc(SCC(=O)NNC(=O)C(=O)NC2CC2)cc1C. The van der Waals surface area contributed by atoms with Gasteiger partial charge in [-0.05, 0) is 49.9 Å². The van der Waals surface area contributed by atoms with Crippen molar-refractivity contribution in [1.29, 1.82) is 0 Å². The molecule has 3 N–H and O–H groups in total. The van der Waals surface area contributed by atoms with Gasteiger partial charge in [-0.15, -0.1) is 11.8 Å². The predicted molar refractivity (Wildman–Crippen MR) is 84.1 cm³/mol. The van der Waals surface area contributed by atoms with Gasteiger partial charge < -0.3 is 5.32 Å². The van der Waals surface area contributed by atoms with Gasteiger partial charge in [0.2, 0.25) is 5.91 Å². The average Bonchev–Trinajstić information content (AvgIpc) is 3.29. The highest BCUT2D eigenvalue weighted by atomic mass is 32.2. The fraction of sp³-hybridized carbons (Fsp3) is 0.400. The third-order valence-corrected chi connectivity index (χ3v) is 4.28. The Kier molecular flexibility index (Phi) is 5.43. The molecule has 7 heteroatoms. The van der Waals surface area contributed by atoms with Crippen LogP contribution in [0.2, 0.25) is 0 Å². The zero-order valence-electron chi connectivity index (χ0n) is 12.6. The molecule has 0 spiro atoms. The topological polar surface area (TPSA) is 87.3 Å². The smallest absolute Gasteiger partial charge is 0.327 e. The van der Waals surface area contributed by atoms with Gasteiger partial charge in [0, 0.05) is 10.9 Å². The highest BCUT2D eigenvalue weighted by Gasteiger charge is 2.26. The minimum absolute atomic E-state index is 0.106. The molecule has 0 saturated heterocycles. The first-order valence-corrected chi connectivity index (χ1v) is 8.04. The number of hydrogen-bond acceptors (Lipinski definition) is 4. The largest absolute Gasteiger partial charge is 0.345 e. The molecule has 1 saturated carbocycles. The van der Waals surface area contributed by atoms with Crippen LogP contribution in [0.1, 0.15) is 24.0 Å². The normalized spacial score (nSPS) is 13.4. The maximum atomic E-state index is 11.7. The number of benzene rings is 1. The van der Waals surface area contributed by atoms with Gasteiger partial charge in [-0.2, -0.15) is 0 Å². The number of nitrogens with one attached hydrogen (secondary N) is 3. The number of hydrogen-bond donors (Lipinski definition) is 3. The Labute approximate surface area is 133 Å². The summed E-state index contributed by atoms with van der Waals surface area (Å²) in [4.78, 5) is 35.4. The van der Waals surface area contributed by atoms with Crippen LogP contribution in [0.5, 0.6) is 0 Å². The first-order valence-electron chi connectivity index (χ1n) is 7.05. The van der Waals surface area contributed by atoms with E-state index in [4.69, 9.17) is 0 Å². The summed E-state index contributed by atoms with van der Waals surface area (Å²) in [5.74, 6) is -1.77. The predicted octanol–water partition coefficient (Wildman–Crippen LogP) is 0.822. The summed E-state index contributed by atoms with van der Waals surface area (Å²) in [6.45, 7) is 4.04. The summed E-state index contributed by atoms with van der Waals surface area (Å²) in [6, 6.07) is 6.06. The highest BCUT2D eigenvalue weighted by molar-refractivity contribution is 8.00. The monoisotopic (exact) mass is 321 g/mol. The molecule has 2 rings (SSSR count). The minimum atomic E-state index is -0.851. The number of carbonyl (C=O) groups is 3. The van der Waals surface area contributed by atoms with Crippen molar-refractivity contribution in [2.45, 2.75) is 37.6 Å². The number of amides is 3. The van der Waals surface area contributed by atoms with Crippen LogP contribution in [0, 0.1) is 13.8 Å². The molecule has 1 aromatic rings. The molecule has 6 nitrogen and oxygen atoms in total.